The van der Waals surface area contributed by atoms with E-state index in [1.807, 2.05) is 12.1 Å². The average Bonchev–Trinajstić information content (AvgIpc) is 3.26. The minimum atomic E-state index is -0.457. The van der Waals surface area contributed by atoms with Gasteiger partial charge in [0.05, 0.1) is 18.2 Å². The maximum absolute atomic E-state index is 12.1. The molecule has 0 spiro atoms. The van der Waals surface area contributed by atoms with E-state index in [0.717, 1.165) is 18.2 Å². The summed E-state index contributed by atoms with van der Waals surface area (Å²) < 4.78 is 7.82. The lowest BCUT2D eigenvalue weighted by Crippen LogP contribution is -2.26. The highest BCUT2D eigenvalue weighted by molar-refractivity contribution is 5.76. The number of hydrogen-bond donors (Lipinski definition) is 0. The van der Waals surface area contributed by atoms with Crippen LogP contribution in [0.15, 0.2) is 44.3 Å². The number of para-hydroxylation sites is 1. The van der Waals surface area contributed by atoms with Gasteiger partial charge in [0.15, 0.2) is 0 Å². The lowest BCUT2D eigenvalue weighted by atomic mass is 10.2. The maximum Gasteiger partial charge on any atom is 0.364 e. The monoisotopic (exact) mass is 284 g/mol. The third-order valence-corrected chi connectivity index (χ3v) is 3.59. The third kappa shape index (κ3) is 2.06. The van der Waals surface area contributed by atoms with E-state index in [1.165, 1.54) is 9.36 Å². The van der Waals surface area contributed by atoms with Crippen LogP contribution in [0.3, 0.4) is 0 Å². The van der Waals surface area contributed by atoms with Gasteiger partial charge in [-0.05, 0) is 35.4 Å². The van der Waals surface area contributed by atoms with Crippen molar-refractivity contribution >= 4 is 11.0 Å². The van der Waals surface area contributed by atoms with Gasteiger partial charge in [-0.2, -0.15) is 9.36 Å². The molecular formula is C14H12N4O3. The molecule has 0 bridgehead atoms. The molecule has 0 radical (unpaired) electrons. The highest BCUT2D eigenvalue weighted by Gasteiger charge is 2.28. The number of hydrogen-bond acceptors (Lipinski definition) is 5. The van der Waals surface area contributed by atoms with Crippen molar-refractivity contribution in [3.8, 4) is 0 Å². The zero-order valence-electron chi connectivity index (χ0n) is 11.1. The van der Waals surface area contributed by atoms with Gasteiger partial charge in [0, 0.05) is 5.39 Å². The summed E-state index contributed by atoms with van der Waals surface area (Å²) in [5, 5.41) is 8.49. The van der Waals surface area contributed by atoms with Crippen molar-refractivity contribution in [1.29, 1.82) is 0 Å². The largest absolute Gasteiger partial charge is 0.422 e. The smallest absolute Gasteiger partial charge is 0.364 e. The number of tetrazole rings is 1. The van der Waals surface area contributed by atoms with E-state index in [9.17, 15) is 9.59 Å². The molecule has 21 heavy (non-hydrogen) atoms. The molecule has 7 heteroatoms. The van der Waals surface area contributed by atoms with Crippen molar-refractivity contribution in [2.75, 3.05) is 0 Å². The molecule has 2 heterocycles. The molecule has 0 unspecified atom stereocenters. The van der Waals surface area contributed by atoms with Crippen molar-refractivity contribution in [3.05, 3.63) is 56.8 Å². The quantitative estimate of drug-likeness (QED) is 0.668. The molecule has 0 N–H and O–H groups in total. The first-order valence-corrected chi connectivity index (χ1v) is 6.76. The first kappa shape index (κ1) is 12.1. The lowest BCUT2D eigenvalue weighted by molar-refractivity contribution is 0.534. The molecule has 0 amide bonds. The van der Waals surface area contributed by atoms with E-state index in [-0.39, 0.29) is 18.3 Å². The van der Waals surface area contributed by atoms with Gasteiger partial charge in [0.2, 0.25) is 0 Å². The Hall–Kier alpha value is -2.70. The van der Waals surface area contributed by atoms with Crippen LogP contribution in [0, 0.1) is 0 Å². The van der Waals surface area contributed by atoms with Gasteiger partial charge >= 0.3 is 11.3 Å². The van der Waals surface area contributed by atoms with Crippen LogP contribution in [0.5, 0.6) is 0 Å². The molecule has 1 aliphatic rings. The van der Waals surface area contributed by atoms with Crippen LogP contribution in [0.2, 0.25) is 0 Å². The highest BCUT2D eigenvalue weighted by atomic mass is 16.4. The molecule has 1 aliphatic carbocycles. The first-order chi connectivity index (χ1) is 10.2. The summed E-state index contributed by atoms with van der Waals surface area (Å²) in [7, 11) is 0. The molecule has 7 nitrogen and oxygen atoms in total. The standard InChI is InChI=1S/C14H12N4O3/c19-13-10(7-9-3-1-2-4-12(9)21-13)8-17-14(20)18(16-15-17)11-5-6-11/h1-4,7,11H,5-6,8H2. The lowest BCUT2D eigenvalue weighted by Gasteiger charge is -2.01. The normalized spacial score (nSPS) is 14.7. The van der Waals surface area contributed by atoms with Crippen LogP contribution in [0.1, 0.15) is 24.4 Å². The number of aromatic nitrogens is 4. The average molecular weight is 284 g/mol. The van der Waals surface area contributed by atoms with Crippen molar-refractivity contribution in [1.82, 2.24) is 19.8 Å². The Morgan fingerprint density at radius 1 is 1.19 bits per heavy atom. The molecule has 1 fully saturated rings. The minimum Gasteiger partial charge on any atom is -0.422 e. The predicted molar refractivity (Wildman–Crippen MR) is 74.1 cm³/mol. The number of benzene rings is 1. The molecule has 1 aromatic carbocycles. The minimum absolute atomic E-state index is 0.0682. The topological polar surface area (TPSA) is 82.9 Å². The predicted octanol–water partition coefficient (Wildman–Crippen LogP) is 0.929. The fraction of sp³-hybridized carbons (Fsp3) is 0.286. The summed E-state index contributed by atoms with van der Waals surface area (Å²) in [6, 6.07) is 9.14. The van der Waals surface area contributed by atoms with E-state index in [1.54, 1.807) is 18.2 Å². The fourth-order valence-electron chi connectivity index (χ4n) is 2.31. The second-order valence-electron chi connectivity index (χ2n) is 5.19. The molecule has 106 valence electrons. The van der Waals surface area contributed by atoms with Gasteiger partial charge in [-0.1, -0.05) is 18.2 Å². The summed E-state index contributed by atoms with van der Waals surface area (Å²) in [5.74, 6) is 0. The summed E-state index contributed by atoms with van der Waals surface area (Å²) in [4.78, 5) is 24.1. The Morgan fingerprint density at radius 3 is 2.81 bits per heavy atom. The third-order valence-electron chi connectivity index (χ3n) is 3.59. The number of nitrogens with zero attached hydrogens (tertiary/aromatic N) is 4. The molecular weight excluding hydrogens is 272 g/mol. The Bertz CT molecular complexity index is 933. The van der Waals surface area contributed by atoms with Gasteiger partial charge in [-0.25, -0.2) is 9.59 Å². The molecule has 0 saturated heterocycles. The van der Waals surface area contributed by atoms with Gasteiger partial charge in [0.1, 0.15) is 5.58 Å². The molecule has 0 aliphatic heterocycles. The molecule has 3 aromatic rings. The summed E-state index contributed by atoms with van der Waals surface area (Å²) in [6.45, 7) is 0.0682. The maximum atomic E-state index is 12.1. The second-order valence-corrected chi connectivity index (χ2v) is 5.19. The van der Waals surface area contributed by atoms with Gasteiger partial charge in [0.25, 0.3) is 0 Å². The van der Waals surface area contributed by atoms with Crippen LogP contribution in [0.4, 0.5) is 0 Å². The zero-order valence-corrected chi connectivity index (χ0v) is 11.1. The molecule has 2 aromatic heterocycles. The SMILES string of the molecule is O=c1oc2ccccc2cc1Cn1nnn(C2CC2)c1=O. The number of rotatable bonds is 3. The second kappa shape index (κ2) is 4.41. The van der Waals surface area contributed by atoms with Crippen molar-refractivity contribution in [2.45, 2.75) is 25.4 Å². The van der Waals surface area contributed by atoms with E-state index < -0.39 is 5.63 Å². The van der Waals surface area contributed by atoms with Gasteiger partial charge < -0.3 is 4.42 Å². The Balaban J connectivity index is 1.75. The fourth-order valence-corrected chi connectivity index (χ4v) is 2.31. The highest BCUT2D eigenvalue weighted by Crippen LogP contribution is 2.32. The first-order valence-electron chi connectivity index (χ1n) is 6.76. The van der Waals surface area contributed by atoms with Crippen molar-refractivity contribution in [3.63, 3.8) is 0 Å². The van der Waals surface area contributed by atoms with E-state index in [4.69, 9.17) is 4.42 Å². The van der Waals surface area contributed by atoms with Gasteiger partial charge in [-0.15, -0.1) is 0 Å². The zero-order chi connectivity index (χ0) is 14.4. The summed E-state index contributed by atoms with van der Waals surface area (Å²) in [6.07, 6.45) is 1.91. The van der Waals surface area contributed by atoms with E-state index in [0.29, 0.717) is 11.1 Å². The van der Waals surface area contributed by atoms with Gasteiger partial charge in [-0.3, -0.25) is 0 Å². The Morgan fingerprint density at radius 2 is 2.00 bits per heavy atom. The summed E-state index contributed by atoms with van der Waals surface area (Å²) >= 11 is 0. The van der Waals surface area contributed by atoms with Crippen LogP contribution < -0.4 is 11.3 Å². The van der Waals surface area contributed by atoms with E-state index in [2.05, 4.69) is 10.4 Å². The number of fused-ring (bicyclic) bond motifs is 1. The van der Waals surface area contributed by atoms with Crippen LogP contribution in [-0.4, -0.2) is 19.8 Å². The molecule has 4 rings (SSSR count). The van der Waals surface area contributed by atoms with Crippen LogP contribution >= 0.6 is 0 Å². The van der Waals surface area contributed by atoms with Crippen molar-refractivity contribution in [2.24, 2.45) is 0 Å². The molecule has 0 atom stereocenters. The Kier molecular flexibility index (Phi) is 2.53. The molecule has 1 saturated carbocycles. The van der Waals surface area contributed by atoms with E-state index >= 15 is 0 Å². The van der Waals surface area contributed by atoms with Crippen LogP contribution in [0.25, 0.3) is 11.0 Å². The Labute approximate surface area is 118 Å². The van der Waals surface area contributed by atoms with Crippen LogP contribution in [-0.2, 0) is 6.54 Å². The summed E-state index contributed by atoms with van der Waals surface area (Å²) in [5.41, 5.74) is 0.172. The van der Waals surface area contributed by atoms with Crippen molar-refractivity contribution < 1.29 is 4.42 Å².